The summed E-state index contributed by atoms with van der Waals surface area (Å²) in [6, 6.07) is 4.37. The maximum Gasteiger partial charge on any atom is 0.267 e. The van der Waals surface area contributed by atoms with Crippen molar-refractivity contribution in [2.24, 2.45) is 0 Å². The summed E-state index contributed by atoms with van der Waals surface area (Å²) in [5.41, 5.74) is 0.618. The van der Waals surface area contributed by atoms with Crippen molar-refractivity contribution in [3.8, 4) is 0 Å². The normalized spacial score (nSPS) is 14.6. The first-order chi connectivity index (χ1) is 10.4. The Kier molecular flexibility index (Phi) is 3.59. The number of rotatable bonds is 4. The predicted molar refractivity (Wildman–Crippen MR) is 72.9 cm³/mol. The monoisotopic (exact) mass is 331 g/mol. The van der Waals surface area contributed by atoms with Gasteiger partial charge < -0.3 is 0 Å². The van der Waals surface area contributed by atoms with Crippen LogP contribution in [0.3, 0.4) is 0 Å². The van der Waals surface area contributed by atoms with Gasteiger partial charge in [-0.05, 0) is 18.1 Å². The molecular formula is C13H12F3N3O2S. The number of anilines is 1. The summed E-state index contributed by atoms with van der Waals surface area (Å²) in [6.45, 7) is -0.584. The maximum atomic E-state index is 13.9. The molecule has 118 valence electrons. The van der Waals surface area contributed by atoms with E-state index in [1.165, 1.54) is 12.1 Å². The molecule has 0 fully saturated rings. The number of halogens is 3. The summed E-state index contributed by atoms with van der Waals surface area (Å²) >= 11 is 0. The van der Waals surface area contributed by atoms with Crippen LogP contribution in [0.25, 0.3) is 0 Å². The Morgan fingerprint density at radius 3 is 2.82 bits per heavy atom. The second kappa shape index (κ2) is 5.31. The Morgan fingerprint density at radius 2 is 2.09 bits per heavy atom. The Hall–Kier alpha value is -2.03. The number of fused-ring (bicyclic) bond motifs is 1. The van der Waals surface area contributed by atoms with Gasteiger partial charge in [-0.25, -0.2) is 21.6 Å². The predicted octanol–water partition coefficient (Wildman–Crippen LogP) is 2.04. The third kappa shape index (κ3) is 2.45. The average molecular weight is 331 g/mol. The van der Waals surface area contributed by atoms with E-state index in [1.807, 2.05) is 0 Å². The van der Waals surface area contributed by atoms with Gasteiger partial charge >= 0.3 is 0 Å². The molecule has 0 unspecified atom stereocenters. The highest BCUT2D eigenvalue weighted by molar-refractivity contribution is 7.92. The number of para-hydroxylation sites is 1. The summed E-state index contributed by atoms with van der Waals surface area (Å²) in [6.07, 6.45) is -0.214. The summed E-state index contributed by atoms with van der Waals surface area (Å²) < 4.78 is 65.5. The summed E-state index contributed by atoms with van der Waals surface area (Å²) in [5, 5.41) is 3.61. The van der Waals surface area contributed by atoms with Crippen LogP contribution in [-0.4, -0.2) is 31.2 Å². The lowest BCUT2D eigenvalue weighted by Crippen LogP contribution is -2.29. The van der Waals surface area contributed by atoms with Crippen molar-refractivity contribution in [2.75, 3.05) is 10.8 Å². The molecule has 0 saturated carbocycles. The van der Waals surface area contributed by atoms with Crippen molar-refractivity contribution in [1.82, 2.24) is 9.78 Å². The van der Waals surface area contributed by atoms with E-state index in [9.17, 15) is 21.6 Å². The SMILES string of the molecule is O=S(=O)(c1cnn(CC(F)F)c1)N1CCc2cccc(F)c21. The van der Waals surface area contributed by atoms with Crippen molar-refractivity contribution in [3.05, 3.63) is 42.0 Å². The van der Waals surface area contributed by atoms with Crippen molar-refractivity contribution in [2.45, 2.75) is 24.3 Å². The molecule has 0 bridgehead atoms. The first-order valence-electron chi connectivity index (χ1n) is 6.50. The van der Waals surface area contributed by atoms with Crippen LogP contribution < -0.4 is 4.31 Å². The van der Waals surface area contributed by atoms with Gasteiger partial charge in [0.2, 0.25) is 0 Å². The van der Waals surface area contributed by atoms with Crippen molar-refractivity contribution >= 4 is 15.7 Å². The molecular weight excluding hydrogens is 319 g/mol. The molecule has 22 heavy (non-hydrogen) atoms. The smallest absolute Gasteiger partial charge is 0.266 e. The molecule has 0 amide bonds. The standard InChI is InChI=1S/C13H12F3N3O2S/c14-11-3-1-2-9-4-5-19(13(9)11)22(20,21)10-6-17-18(7-10)8-12(15)16/h1-3,6-7,12H,4-5,8H2. The molecule has 9 heteroatoms. The Bertz CT molecular complexity index is 805. The van der Waals surface area contributed by atoms with Gasteiger partial charge in [0.05, 0.1) is 11.9 Å². The highest BCUT2D eigenvalue weighted by Crippen LogP contribution is 2.34. The second-order valence-corrected chi connectivity index (χ2v) is 6.73. The van der Waals surface area contributed by atoms with Gasteiger partial charge in [0.1, 0.15) is 17.3 Å². The largest absolute Gasteiger partial charge is 0.267 e. The molecule has 1 aliphatic rings. The third-order valence-corrected chi connectivity index (χ3v) is 5.18. The zero-order valence-electron chi connectivity index (χ0n) is 11.3. The fourth-order valence-electron chi connectivity index (χ4n) is 2.46. The minimum atomic E-state index is -4.02. The second-order valence-electron chi connectivity index (χ2n) is 4.86. The molecule has 0 N–H and O–H groups in total. The number of hydrogen-bond donors (Lipinski definition) is 0. The molecule has 0 aliphatic carbocycles. The zero-order valence-corrected chi connectivity index (χ0v) is 12.1. The molecule has 0 radical (unpaired) electrons. The van der Waals surface area contributed by atoms with Crippen LogP contribution >= 0.6 is 0 Å². The molecule has 3 rings (SSSR count). The Morgan fingerprint density at radius 1 is 1.32 bits per heavy atom. The number of aromatic nitrogens is 2. The van der Waals surface area contributed by atoms with E-state index < -0.39 is 28.8 Å². The van der Waals surface area contributed by atoms with Crippen molar-refractivity contribution in [3.63, 3.8) is 0 Å². The van der Waals surface area contributed by atoms with E-state index >= 15 is 0 Å². The van der Waals surface area contributed by atoms with Crippen molar-refractivity contribution in [1.29, 1.82) is 0 Å². The number of sulfonamides is 1. The summed E-state index contributed by atoms with van der Waals surface area (Å²) in [4.78, 5) is -0.232. The number of benzene rings is 1. The van der Waals surface area contributed by atoms with Crippen LogP contribution in [0.5, 0.6) is 0 Å². The fraction of sp³-hybridized carbons (Fsp3) is 0.308. The van der Waals surface area contributed by atoms with Crippen LogP contribution in [0.4, 0.5) is 18.9 Å². The molecule has 0 atom stereocenters. The van der Waals surface area contributed by atoms with Crippen LogP contribution in [0.15, 0.2) is 35.5 Å². The maximum absolute atomic E-state index is 13.9. The van der Waals surface area contributed by atoms with Crippen LogP contribution in [-0.2, 0) is 23.0 Å². The first-order valence-corrected chi connectivity index (χ1v) is 7.94. The lowest BCUT2D eigenvalue weighted by Gasteiger charge is -2.18. The van der Waals surface area contributed by atoms with Crippen LogP contribution in [0, 0.1) is 5.82 Å². The van der Waals surface area contributed by atoms with E-state index in [4.69, 9.17) is 0 Å². The summed E-state index contributed by atoms with van der Waals surface area (Å²) in [7, 11) is -4.02. The lowest BCUT2D eigenvalue weighted by atomic mass is 10.2. The van der Waals surface area contributed by atoms with Crippen LogP contribution in [0.2, 0.25) is 0 Å². The van der Waals surface area contributed by atoms with Crippen LogP contribution in [0.1, 0.15) is 5.56 Å². The van der Waals surface area contributed by atoms with E-state index in [-0.39, 0.29) is 17.1 Å². The van der Waals surface area contributed by atoms with E-state index in [1.54, 1.807) is 6.07 Å². The average Bonchev–Trinajstić information content (AvgIpc) is 3.05. The molecule has 2 heterocycles. The molecule has 1 aromatic carbocycles. The minimum absolute atomic E-state index is 0.0177. The van der Waals surface area contributed by atoms with Gasteiger partial charge in [0.25, 0.3) is 16.4 Å². The zero-order chi connectivity index (χ0) is 15.9. The third-order valence-electron chi connectivity index (χ3n) is 3.43. The minimum Gasteiger partial charge on any atom is -0.266 e. The molecule has 2 aromatic rings. The number of alkyl halides is 2. The van der Waals surface area contributed by atoms with E-state index in [2.05, 4.69) is 5.10 Å². The Labute approximate surface area is 125 Å². The Balaban J connectivity index is 1.97. The van der Waals surface area contributed by atoms with E-state index in [0.717, 1.165) is 21.4 Å². The molecule has 0 spiro atoms. The molecule has 1 aromatic heterocycles. The van der Waals surface area contributed by atoms with E-state index in [0.29, 0.717) is 12.0 Å². The molecule has 5 nitrogen and oxygen atoms in total. The van der Waals surface area contributed by atoms with Gasteiger partial charge in [-0.2, -0.15) is 5.10 Å². The van der Waals surface area contributed by atoms with Gasteiger partial charge in [0, 0.05) is 12.7 Å². The first kappa shape index (κ1) is 14.9. The summed E-state index contributed by atoms with van der Waals surface area (Å²) in [5.74, 6) is -0.626. The topological polar surface area (TPSA) is 55.2 Å². The lowest BCUT2D eigenvalue weighted by molar-refractivity contribution is 0.121. The quantitative estimate of drug-likeness (QED) is 0.861. The van der Waals surface area contributed by atoms with Gasteiger partial charge in [0.15, 0.2) is 0 Å². The molecule has 0 saturated heterocycles. The highest BCUT2D eigenvalue weighted by Gasteiger charge is 2.34. The highest BCUT2D eigenvalue weighted by atomic mass is 32.2. The van der Waals surface area contributed by atoms with Gasteiger partial charge in [-0.3, -0.25) is 8.99 Å². The van der Waals surface area contributed by atoms with Crippen molar-refractivity contribution < 1.29 is 21.6 Å². The van der Waals surface area contributed by atoms with Gasteiger partial charge in [-0.1, -0.05) is 12.1 Å². The fourth-order valence-corrected chi connectivity index (χ4v) is 3.93. The molecule has 1 aliphatic heterocycles. The number of nitrogens with zero attached hydrogens (tertiary/aromatic N) is 3. The van der Waals surface area contributed by atoms with Gasteiger partial charge in [-0.15, -0.1) is 0 Å². The number of hydrogen-bond acceptors (Lipinski definition) is 3.